The molecule has 0 radical (unpaired) electrons. The van der Waals surface area contributed by atoms with Crippen LogP contribution in [-0.2, 0) is 0 Å². The van der Waals surface area contributed by atoms with E-state index < -0.39 is 0 Å². The van der Waals surface area contributed by atoms with Crippen molar-refractivity contribution in [3.63, 3.8) is 0 Å². The van der Waals surface area contributed by atoms with E-state index in [-0.39, 0.29) is 6.10 Å². The van der Waals surface area contributed by atoms with Gasteiger partial charge in [-0.2, -0.15) is 0 Å². The van der Waals surface area contributed by atoms with Gasteiger partial charge in [-0.25, -0.2) is 0 Å². The SMILES string of the molecule is CC=CCC.CCC(O)CC. The summed E-state index contributed by atoms with van der Waals surface area (Å²) >= 11 is 0. The molecule has 0 aromatic heterocycles. The van der Waals surface area contributed by atoms with Crippen molar-refractivity contribution in [2.24, 2.45) is 0 Å². The van der Waals surface area contributed by atoms with Gasteiger partial charge in [-0.05, 0) is 26.2 Å². The average Bonchev–Trinajstić information content (AvgIpc) is 2.06. The molecule has 11 heavy (non-hydrogen) atoms. The van der Waals surface area contributed by atoms with Crippen molar-refractivity contribution < 1.29 is 5.11 Å². The minimum atomic E-state index is -0.0648. The number of allylic oxidation sites excluding steroid dienone is 2. The number of rotatable bonds is 3. The van der Waals surface area contributed by atoms with Crippen molar-refractivity contribution in [2.75, 3.05) is 0 Å². The van der Waals surface area contributed by atoms with E-state index in [2.05, 4.69) is 19.1 Å². The second-order valence-electron chi connectivity index (χ2n) is 2.45. The highest BCUT2D eigenvalue weighted by molar-refractivity contribution is 4.73. The molecule has 0 spiro atoms. The second kappa shape index (κ2) is 12.4. The molecule has 1 N–H and O–H groups in total. The van der Waals surface area contributed by atoms with Crippen LogP contribution in [0.2, 0.25) is 0 Å². The molecule has 0 fully saturated rings. The van der Waals surface area contributed by atoms with Crippen LogP contribution in [0.3, 0.4) is 0 Å². The van der Waals surface area contributed by atoms with Gasteiger partial charge < -0.3 is 5.11 Å². The molecule has 1 nitrogen and oxygen atoms in total. The van der Waals surface area contributed by atoms with Crippen LogP contribution in [0.25, 0.3) is 0 Å². The van der Waals surface area contributed by atoms with Crippen molar-refractivity contribution in [2.45, 2.75) is 53.1 Å². The Bertz CT molecular complexity index is 72.9. The molecule has 0 amide bonds. The maximum atomic E-state index is 8.67. The molecule has 0 saturated heterocycles. The first-order chi connectivity index (χ1) is 5.22. The quantitative estimate of drug-likeness (QED) is 0.626. The minimum Gasteiger partial charge on any atom is -0.393 e. The first-order valence-electron chi connectivity index (χ1n) is 4.51. The van der Waals surface area contributed by atoms with Gasteiger partial charge in [0.15, 0.2) is 0 Å². The van der Waals surface area contributed by atoms with Crippen LogP contribution in [0.5, 0.6) is 0 Å². The van der Waals surface area contributed by atoms with E-state index in [0.29, 0.717) is 0 Å². The normalized spacial score (nSPS) is 10.0. The van der Waals surface area contributed by atoms with Gasteiger partial charge in [0.2, 0.25) is 0 Å². The Hall–Kier alpha value is -0.300. The highest BCUT2D eigenvalue weighted by Crippen LogP contribution is 1.91. The van der Waals surface area contributed by atoms with Gasteiger partial charge in [-0.3, -0.25) is 0 Å². The molecule has 0 aliphatic heterocycles. The molecule has 1 heteroatoms. The summed E-state index contributed by atoms with van der Waals surface area (Å²) < 4.78 is 0. The monoisotopic (exact) mass is 158 g/mol. The van der Waals surface area contributed by atoms with Crippen molar-refractivity contribution in [3.05, 3.63) is 12.2 Å². The minimum absolute atomic E-state index is 0.0648. The van der Waals surface area contributed by atoms with Crippen molar-refractivity contribution in [3.8, 4) is 0 Å². The Morgan fingerprint density at radius 3 is 1.64 bits per heavy atom. The van der Waals surface area contributed by atoms with Crippen LogP contribution in [0.4, 0.5) is 0 Å². The lowest BCUT2D eigenvalue weighted by Gasteiger charge is -1.98. The molecular formula is C10H22O. The summed E-state index contributed by atoms with van der Waals surface area (Å²) in [7, 11) is 0. The number of hydrogen-bond donors (Lipinski definition) is 1. The van der Waals surface area contributed by atoms with Crippen LogP contribution in [-0.4, -0.2) is 11.2 Å². The fourth-order valence-corrected chi connectivity index (χ4v) is 0.524. The van der Waals surface area contributed by atoms with E-state index in [9.17, 15) is 0 Å². The van der Waals surface area contributed by atoms with E-state index in [4.69, 9.17) is 5.11 Å². The van der Waals surface area contributed by atoms with Crippen LogP contribution < -0.4 is 0 Å². The lowest BCUT2D eigenvalue weighted by molar-refractivity contribution is 0.166. The van der Waals surface area contributed by atoms with E-state index in [1.807, 2.05) is 20.8 Å². The van der Waals surface area contributed by atoms with Gasteiger partial charge in [0.25, 0.3) is 0 Å². The Morgan fingerprint density at radius 1 is 1.18 bits per heavy atom. The van der Waals surface area contributed by atoms with Gasteiger partial charge in [0, 0.05) is 0 Å². The molecule has 0 aliphatic carbocycles. The predicted molar refractivity (Wildman–Crippen MR) is 51.7 cm³/mol. The number of aliphatic hydroxyl groups excluding tert-OH is 1. The average molecular weight is 158 g/mol. The highest BCUT2D eigenvalue weighted by Gasteiger charge is 1.90. The number of aliphatic hydroxyl groups is 1. The van der Waals surface area contributed by atoms with Gasteiger partial charge in [0.1, 0.15) is 0 Å². The molecule has 0 bridgehead atoms. The smallest absolute Gasteiger partial charge is 0.0535 e. The second-order valence-corrected chi connectivity index (χ2v) is 2.45. The molecule has 68 valence electrons. The molecule has 0 aromatic rings. The van der Waals surface area contributed by atoms with Crippen LogP contribution >= 0.6 is 0 Å². The molecule has 0 heterocycles. The first kappa shape index (κ1) is 13.3. The summed E-state index contributed by atoms with van der Waals surface area (Å²) in [5.41, 5.74) is 0. The third kappa shape index (κ3) is 17.7. The fourth-order valence-electron chi connectivity index (χ4n) is 0.524. The summed E-state index contributed by atoms with van der Waals surface area (Å²) in [6.45, 7) is 8.12. The van der Waals surface area contributed by atoms with Crippen molar-refractivity contribution >= 4 is 0 Å². The summed E-state index contributed by atoms with van der Waals surface area (Å²) in [5.74, 6) is 0. The van der Waals surface area contributed by atoms with E-state index >= 15 is 0 Å². The Balaban J connectivity index is 0. The zero-order valence-electron chi connectivity index (χ0n) is 8.30. The largest absolute Gasteiger partial charge is 0.393 e. The summed E-state index contributed by atoms with van der Waals surface area (Å²) in [4.78, 5) is 0. The predicted octanol–water partition coefficient (Wildman–Crippen LogP) is 3.14. The highest BCUT2D eigenvalue weighted by atomic mass is 16.3. The molecule has 0 aliphatic rings. The maximum absolute atomic E-state index is 8.67. The zero-order chi connectivity index (χ0) is 9.11. The van der Waals surface area contributed by atoms with Crippen LogP contribution in [0, 0.1) is 0 Å². The lowest BCUT2D eigenvalue weighted by atomic mass is 10.2. The van der Waals surface area contributed by atoms with Gasteiger partial charge >= 0.3 is 0 Å². The summed E-state index contributed by atoms with van der Waals surface area (Å²) in [6, 6.07) is 0. The standard InChI is InChI=1S/C5H12O.C5H10/c1-3-5(6)4-2;1-3-5-4-2/h5-6H,3-4H2,1-2H3;3,5H,4H2,1-2H3. The summed E-state index contributed by atoms with van der Waals surface area (Å²) in [5, 5.41) is 8.67. The van der Waals surface area contributed by atoms with E-state index in [0.717, 1.165) is 19.3 Å². The van der Waals surface area contributed by atoms with E-state index in [1.165, 1.54) is 0 Å². The molecule has 0 rings (SSSR count). The Labute approximate surface area is 71.1 Å². The summed E-state index contributed by atoms with van der Waals surface area (Å²) in [6.07, 6.45) is 7.05. The number of hydrogen-bond acceptors (Lipinski definition) is 1. The zero-order valence-corrected chi connectivity index (χ0v) is 8.30. The fraction of sp³-hybridized carbons (Fsp3) is 0.800. The third-order valence-corrected chi connectivity index (χ3v) is 1.41. The Kier molecular flexibility index (Phi) is 15.0. The molecule has 0 unspecified atom stereocenters. The van der Waals surface area contributed by atoms with E-state index in [1.54, 1.807) is 0 Å². The van der Waals surface area contributed by atoms with Gasteiger partial charge in [0.05, 0.1) is 6.10 Å². The molecule has 0 atom stereocenters. The topological polar surface area (TPSA) is 20.2 Å². The van der Waals surface area contributed by atoms with Crippen LogP contribution in [0.15, 0.2) is 12.2 Å². The van der Waals surface area contributed by atoms with Crippen molar-refractivity contribution in [1.29, 1.82) is 0 Å². The van der Waals surface area contributed by atoms with Gasteiger partial charge in [-0.1, -0.05) is 32.9 Å². The Morgan fingerprint density at radius 2 is 1.64 bits per heavy atom. The molecule has 0 aromatic carbocycles. The third-order valence-electron chi connectivity index (χ3n) is 1.41. The molecular weight excluding hydrogens is 136 g/mol. The van der Waals surface area contributed by atoms with Crippen LogP contribution in [0.1, 0.15) is 47.0 Å². The maximum Gasteiger partial charge on any atom is 0.0535 e. The first-order valence-corrected chi connectivity index (χ1v) is 4.51. The molecule has 0 saturated carbocycles. The van der Waals surface area contributed by atoms with Gasteiger partial charge in [-0.15, -0.1) is 0 Å². The van der Waals surface area contributed by atoms with Crippen molar-refractivity contribution in [1.82, 2.24) is 0 Å². The lowest BCUT2D eigenvalue weighted by Crippen LogP contribution is -1.99.